The maximum absolute atomic E-state index is 13.1. The lowest BCUT2D eigenvalue weighted by Gasteiger charge is -2.11. The summed E-state index contributed by atoms with van der Waals surface area (Å²) in [7, 11) is 0. The number of aliphatic hydroxyl groups excluding tert-OH is 1. The average molecular weight is 262 g/mol. The molecule has 78 valence electrons. The van der Waals surface area contributed by atoms with E-state index in [2.05, 4.69) is 15.9 Å². The molecule has 0 radical (unpaired) electrons. The van der Waals surface area contributed by atoms with E-state index in [0.717, 1.165) is 5.56 Å². The molecule has 1 aromatic rings. The lowest BCUT2D eigenvalue weighted by Crippen LogP contribution is -2.11. The minimum Gasteiger partial charge on any atom is -0.396 e. The second-order valence-corrected chi connectivity index (χ2v) is 4.00. The van der Waals surface area contributed by atoms with Crippen molar-refractivity contribution in [1.82, 2.24) is 0 Å². The molecule has 0 aliphatic heterocycles. The summed E-state index contributed by atoms with van der Waals surface area (Å²) in [5.41, 5.74) is 6.57. The zero-order chi connectivity index (χ0) is 10.6. The van der Waals surface area contributed by atoms with Crippen molar-refractivity contribution in [3.05, 3.63) is 34.1 Å². The lowest BCUT2D eigenvalue weighted by molar-refractivity contribution is 0.280. The molecule has 0 heterocycles. The number of halogens is 2. The number of aliphatic hydroxyl groups is 1. The third-order valence-corrected chi connectivity index (χ3v) is 2.69. The minimum absolute atomic E-state index is 0.118. The van der Waals surface area contributed by atoms with Gasteiger partial charge in [0.1, 0.15) is 5.82 Å². The Morgan fingerprint density at radius 1 is 1.50 bits per heavy atom. The van der Waals surface area contributed by atoms with Crippen LogP contribution in [0.5, 0.6) is 0 Å². The van der Waals surface area contributed by atoms with Crippen molar-refractivity contribution in [2.75, 3.05) is 6.61 Å². The summed E-state index contributed by atoms with van der Waals surface area (Å²) in [6.07, 6.45) is 1.30. The Hall–Kier alpha value is -0.450. The molecule has 0 aliphatic rings. The van der Waals surface area contributed by atoms with Crippen LogP contribution in [0.3, 0.4) is 0 Å². The van der Waals surface area contributed by atoms with E-state index in [4.69, 9.17) is 10.8 Å². The molecule has 2 nitrogen and oxygen atoms in total. The summed E-state index contributed by atoms with van der Waals surface area (Å²) in [6.45, 7) is 0.118. The van der Waals surface area contributed by atoms with Crippen molar-refractivity contribution in [2.24, 2.45) is 5.73 Å². The van der Waals surface area contributed by atoms with Crippen LogP contribution in [0.2, 0.25) is 0 Å². The van der Waals surface area contributed by atoms with Crippen LogP contribution >= 0.6 is 15.9 Å². The topological polar surface area (TPSA) is 46.2 Å². The van der Waals surface area contributed by atoms with Crippen molar-refractivity contribution >= 4 is 15.9 Å². The molecular weight excluding hydrogens is 249 g/mol. The van der Waals surface area contributed by atoms with Crippen LogP contribution in [0.1, 0.15) is 24.4 Å². The normalized spacial score (nSPS) is 12.9. The third kappa shape index (κ3) is 3.04. The second kappa shape index (κ2) is 5.44. The molecule has 0 bridgehead atoms. The van der Waals surface area contributed by atoms with Crippen LogP contribution in [0.4, 0.5) is 4.39 Å². The van der Waals surface area contributed by atoms with Gasteiger partial charge in [0.15, 0.2) is 0 Å². The van der Waals surface area contributed by atoms with E-state index in [0.29, 0.717) is 17.3 Å². The van der Waals surface area contributed by atoms with Crippen LogP contribution < -0.4 is 5.73 Å². The van der Waals surface area contributed by atoms with Gasteiger partial charge < -0.3 is 10.8 Å². The van der Waals surface area contributed by atoms with Gasteiger partial charge in [0.25, 0.3) is 0 Å². The fourth-order valence-corrected chi connectivity index (χ4v) is 1.47. The van der Waals surface area contributed by atoms with Gasteiger partial charge in [0.05, 0.1) is 4.47 Å². The van der Waals surface area contributed by atoms with Gasteiger partial charge in [-0.05, 0) is 46.5 Å². The molecule has 1 rings (SSSR count). The molecule has 0 unspecified atom stereocenters. The first-order chi connectivity index (χ1) is 6.65. The van der Waals surface area contributed by atoms with Gasteiger partial charge in [0, 0.05) is 12.6 Å². The predicted octanol–water partition coefficient (Wildman–Crippen LogP) is 2.36. The molecule has 4 heteroatoms. The number of rotatable bonds is 4. The first kappa shape index (κ1) is 11.6. The van der Waals surface area contributed by atoms with Crippen molar-refractivity contribution in [1.29, 1.82) is 0 Å². The summed E-state index contributed by atoms with van der Waals surface area (Å²) < 4.78 is 13.6. The SMILES string of the molecule is N[C@@H](CCCO)c1ccc(Br)c(F)c1. The van der Waals surface area contributed by atoms with Crippen molar-refractivity contribution in [2.45, 2.75) is 18.9 Å². The Kier molecular flexibility index (Phi) is 4.51. The molecular formula is C10H13BrFNO. The van der Waals surface area contributed by atoms with E-state index in [9.17, 15) is 4.39 Å². The Balaban J connectivity index is 2.70. The van der Waals surface area contributed by atoms with Crippen LogP contribution in [0, 0.1) is 5.82 Å². The summed E-state index contributed by atoms with van der Waals surface area (Å²) in [6, 6.07) is 4.65. The van der Waals surface area contributed by atoms with Gasteiger partial charge >= 0.3 is 0 Å². The van der Waals surface area contributed by atoms with Crippen molar-refractivity contribution in [3.8, 4) is 0 Å². The standard InChI is InChI=1S/C10H13BrFNO/c11-8-4-3-7(6-9(8)12)10(13)2-1-5-14/h3-4,6,10,14H,1-2,5,13H2/t10-/m0/s1. The Morgan fingerprint density at radius 2 is 2.21 bits per heavy atom. The highest BCUT2D eigenvalue weighted by molar-refractivity contribution is 9.10. The molecule has 1 atom stereocenters. The van der Waals surface area contributed by atoms with Crippen LogP contribution in [0.15, 0.2) is 22.7 Å². The number of hydrogen-bond donors (Lipinski definition) is 2. The lowest BCUT2D eigenvalue weighted by atomic mass is 10.0. The van der Waals surface area contributed by atoms with Gasteiger partial charge in [-0.15, -0.1) is 0 Å². The molecule has 0 amide bonds. The van der Waals surface area contributed by atoms with Gasteiger partial charge in [-0.3, -0.25) is 0 Å². The average Bonchev–Trinajstić information content (AvgIpc) is 2.18. The Morgan fingerprint density at radius 3 is 2.79 bits per heavy atom. The Labute approximate surface area is 91.1 Å². The van der Waals surface area contributed by atoms with Crippen LogP contribution in [-0.4, -0.2) is 11.7 Å². The molecule has 0 saturated carbocycles. The van der Waals surface area contributed by atoms with Gasteiger partial charge in [0.2, 0.25) is 0 Å². The summed E-state index contributed by atoms with van der Waals surface area (Å²) in [5.74, 6) is -0.304. The molecule has 14 heavy (non-hydrogen) atoms. The van der Waals surface area contributed by atoms with Gasteiger partial charge in [-0.1, -0.05) is 6.07 Å². The quantitative estimate of drug-likeness (QED) is 0.874. The fourth-order valence-electron chi connectivity index (χ4n) is 1.22. The largest absolute Gasteiger partial charge is 0.396 e. The van der Waals surface area contributed by atoms with Gasteiger partial charge in [-0.2, -0.15) is 0 Å². The molecule has 0 saturated heterocycles. The highest BCUT2D eigenvalue weighted by Gasteiger charge is 2.07. The monoisotopic (exact) mass is 261 g/mol. The van der Waals surface area contributed by atoms with E-state index < -0.39 is 0 Å². The number of benzene rings is 1. The third-order valence-electron chi connectivity index (χ3n) is 2.05. The summed E-state index contributed by atoms with van der Waals surface area (Å²) >= 11 is 3.08. The zero-order valence-corrected chi connectivity index (χ0v) is 9.30. The summed E-state index contributed by atoms with van der Waals surface area (Å²) in [4.78, 5) is 0. The number of hydrogen-bond acceptors (Lipinski definition) is 2. The minimum atomic E-state index is -0.304. The highest BCUT2D eigenvalue weighted by Crippen LogP contribution is 2.21. The second-order valence-electron chi connectivity index (χ2n) is 3.15. The predicted molar refractivity (Wildman–Crippen MR) is 57.3 cm³/mol. The molecule has 0 fully saturated rings. The van der Waals surface area contributed by atoms with Crippen LogP contribution in [-0.2, 0) is 0 Å². The highest BCUT2D eigenvalue weighted by atomic mass is 79.9. The number of nitrogens with two attached hydrogens (primary N) is 1. The van der Waals surface area contributed by atoms with Crippen molar-refractivity contribution in [3.63, 3.8) is 0 Å². The summed E-state index contributed by atoms with van der Waals surface area (Å²) in [5, 5.41) is 8.62. The van der Waals surface area contributed by atoms with Gasteiger partial charge in [-0.25, -0.2) is 4.39 Å². The molecule has 0 spiro atoms. The van der Waals surface area contributed by atoms with E-state index in [1.54, 1.807) is 12.1 Å². The first-order valence-corrected chi connectivity index (χ1v) is 5.26. The Bertz CT molecular complexity index is 306. The zero-order valence-electron chi connectivity index (χ0n) is 7.71. The smallest absolute Gasteiger partial charge is 0.137 e. The maximum Gasteiger partial charge on any atom is 0.137 e. The first-order valence-electron chi connectivity index (χ1n) is 4.46. The van der Waals surface area contributed by atoms with E-state index in [1.165, 1.54) is 6.07 Å². The van der Waals surface area contributed by atoms with E-state index in [1.807, 2.05) is 0 Å². The molecule has 0 aliphatic carbocycles. The molecule has 3 N–H and O–H groups in total. The maximum atomic E-state index is 13.1. The van der Waals surface area contributed by atoms with E-state index in [-0.39, 0.29) is 18.5 Å². The molecule has 1 aromatic carbocycles. The van der Waals surface area contributed by atoms with E-state index >= 15 is 0 Å². The van der Waals surface area contributed by atoms with Crippen molar-refractivity contribution < 1.29 is 9.50 Å². The fraction of sp³-hybridized carbons (Fsp3) is 0.400. The van der Waals surface area contributed by atoms with Crippen LogP contribution in [0.25, 0.3) is 0 Å². The molecule has 0 aromatic heterocycles.